The van der Waals surface area contributed by atoms with Gasteiger partial charge in [0.1, 0.15) is 5.82 Å². The molecule has 1 aromatic carbocycles. The lowest BCUT2D eigenvalue weighted by molar-refractivity contribution is -0.137. The van der Waals surface area contributed by atoms with Crippen molar-refractivity contribution in [1.29, 1.82) is 0 Å². The summed E-state index contributed by atoms with van der Waals surface area (Å²) in [6, 6.07) is 1.55. The number of rotatable bonds is 8. The second-order valence-corrected chi connectivity index (χ2v) is 9.21. The predicted octanol–water partition coefficient (Wildman–Crippen LogP) is 3.16. The minimum atomic E-state index is -5.38. The van der Waals surface area contributed by atoms with Gasteiger partial charge >= 0.3 is 21.7 Å². The Bertz CT molecular complexity index is 896. The number of benzene rings is 1. The fourth-order valence-corrected chi connectivity index (χ4v) is 3.87. The molecule has 0 aliphatic heterocycles. The molecule has 1 aliphatic carbocycles. The quantitative estimate of drug-likeness (QED) is 0.384. The van der Waals surface area contributed by atoms with Crippen LogP contribution in [-0.4, -0.2) is 45.5 Å². The van der Waals surface area contributed by atoms with Gasteiger partial charge in [0.25, 0.3) is 5.91 Å². The number of hydrogen-bond donors (Lipinski definition) is 3. The zero-order chi connectivity index (χ0) is 24.2. The summed E-state index contributed by atoms with van der Waals surface area (Å²) in [4.78, 5) is 12.1. The van der Waals surface area contributed by atoms with Crippen molar-refractivity contribution in [2.45, 2.75) is 43.4 Å². The van der Waals surface area contributed by atoms with Gasteiger partial charge in [-0.25, -0.2) is 17.5 Å². The maximum Gasteiger partial charge on any atom is 0.511 e. The molecular formula is C18H22F7N3O3S. The topological polar surface area (TPSA) is 87.3 Å². The molecule has 0 bridgehead atoms. The van der Waals surface area contributed by atoms with E-state index in [-0.39, 0.29) is 25.0 Å². The summed E-state index contributed by atoms with van der Waals surface area (Å²) < 4.78 is 112. The summed E-state index contributed by atoms with van der Waals surface area (Å²) in [5.41, 5.74) is -7.06. The molecule has 14 heteroatoms. The van der Waals surface area contributed by atoms with Crippen molar-refractivity contribution in [3.8, 4) is 0 Å². The molecule has 6 nitrogen and oxygen atoms in total. The molecule has 0 unspecified atom stereocenters. The van der Waals surface area contributed by atoms with Crippen molar-refractivity contribution in [1.82, 2.24) is 15.4 Å². The summed E-state index contributed by atoms with van der Waals surface area (Å²) in [7, 11) is -5.38. The molecule has 1 aliphatic rings. The largest absolute Gasteiger partial charge is 0.511 e. The number of alkyl halides is 6. The molecule has 0 radical (unpaired) electrons. The van der Waals surface area contributed by atoms with Gasteiger partial charge in [-0.15, -0.1) is 0 Å². The molecule has 1 aromatic rings. The number of sulfonamides is 1. The second-order valence-electron chi connectivity index (χ2n) is 7.45. The van der Waals surface area contributed by atoms with Crippen LogP contribution in [0.2, 0.25) is 0 Å². The average Bonchev–Trinajstić information content (AvgIpc) is 2.68. The molecule has 0 heterocycles. The van der Waals surface area contributed by atoms with E-state index < -0.39 is 51.1 Å². The van der Waals surface area contributed by atoms with Gasteiger partial charge in [-0.05, 0) is 49.8 Å². The van der Waals surface area contributed by atoms with Crippen molar-refractivity contribution in [3.05, 3.63) is 35.1 Å². The Morgan fingerprint density at radius 2 is 1.59 bits per heavy atom. The van der Waals surface area contributed by atoms with Gasteiger partial charge in [0.2, 0.25) is 0 Å². The highest BCUT2D eigenvalue weighted by Gasteiger charge is 2.45. The van der Waals surface area contributed by atoms with Crippen LogP contribution in [0.1, 0.15) is 41.6 Å². The highest BCUT2D eigenvalue weighted by molar-refractivity contribution is 7.90. The molecule has 0 aromatic heterocycles. The van der Waals surface area contributed by atoms with Gasteiger partial charge in [0.05, 0.1) is 5.56 Å². The zero-order valence-corrected chi connectivity index (χ0v) is 17.4. The van der Waals surface area contributed by atoms with Crippen molar-refractivity contribution in [2.75, 3.05) is 19.6 Å². The summed E-state index contributed by atoms with van der Waals surface area (Å²) in [6.07, 6.45) is -2.29. The summed E-state index contributed by atoms with van der Waals surface area (Å²) in [5.74, 6) is -1.97. The van der Waals surface area contributed by atoms with Crippen LogP contribution in [0.15, 0.2) is 18.2 Å². The average molecular weight is 493 g/mol. The molecule has 0 saturated heterocycles. The van der Waals surface area contributed by atoms with Crippen LogP contribution in [0.4, 0.5) is 30.7 Å². The SMILES string of the molecule is O=C(NC[C@H]1CC[C@@H](NCCNS(=O)(=O)C(F)(F)F)CC1)c1cc(F)cc(C(F)(F)F)c1. The number of hydrogen-bond acceptors (Lipinski definition) is 4. The maximum absolute atomic E-state index is 13.4. The standard InChI is InChI=1S/C18H22F7N3O3S/c19-14-8-12(7-13(9-14)17(20,21)22)16(29)27-10-11-1-3-15(4-2-11)26-5-6-28-32(30,31)18(23,24)25/h7-9,11,15,26,28H,1-6,10H2,(H,27,29)/t11-,15+. The van der Waals surface area contributed by atoms with Crippen LogP contribution in [0, 0.1) is 11.7 Å². The summed E-state index contributed by atoms with van der Waals surface area (Å²) in [6.45, 7) is -0.247. The molecule has 2 rings (SSSR count). The first-order valence-corrected chi connectivity index (χ1v) is 11.1. The highest BCUT2D eigenvalue weighted by atomic mass is 32.2. The van der Waals surface area contributed by atoms with Crippen molar-refractivity contribution < 1.29 is 43.9 Å². The number of carbonyl (C=O) groups is 1. The van der Waals surface area contributed by atoms with Gasteiger partial charge in [-0.1, -0.05) is 0 Å². The van der Waals surface area contributed by atoms with E-state index in [9.17, 15) is 43.9 Å². The summed E-state index contributed by atoms with van der Waals surface area (Å²) in [5, 5.41) is 5.45. The van der Waals surface area contributed by atoms with Gasteiger partial charge < -0.3 is 10.6 Å². The lowest BCUT2D eigenvalue weighted by atomic mass is 9.86. The number of nitrogens with one attached hydrogen (secondary N) is 3. The van der Waals surface area contributed by atoms with Crippen LogP contribution in [0.3, 0.4) is 0 Å². The Morgan fingerprint density at radius 1 is 0.969 bits per heavy atom. The van der Waals surface area contributed by atoms with Gasteiger partial charge in [0, 0.05) is 31.2 Å². The second kappa shape index (κ2) is 10.3. The lowest BCUT2D eigenvalue weighted by Crippen LogP contribution is -2.43. The highest BCUT2D eigenvalue weighted by Crippen LogP contribution is 2.30. The third kappa shape index (κ3) is 7.59. The van der Waals surface area contributed by atoms with E-state index in [1.807, 2.05) is 0 Å². The van der Waals surface area contributed by atoms with Crippen LogP contribution in [-0.2, 0) is 16.2 Å². The van der Waals surface area contributed by atoms with E-state index in [1.165, 1.54) is 4.72 Å². The van der Waals surface area contributed by atoms with E-state index in [4.69, 9.17) is 0 Å². The minimum absolute atomic E-state index is 0.00247. The first kappa shape index (κ1) is 26.3. The Labute approximate surface area is 180 Å². The Kier molecular flexibility index (Phi) is 8.50. The van der Waals surface area contributed by atoms with Crippen molar-refractivity contribution in [2.24, 2.45) is 5.92 Å². The maximum atomic E-state index is 13.4. The molecule has 182 valence electrons. The van der Waals surface area contributed by atoms with E-state index in [0.717, 1.165) is 6.07 Å². The predicted molar refractivity (Wildman–Crippen MR) is 100 cm³/mol. The number of amides is 1. The Hall–Kier alpha value is -1.93. The van der Waals surface area contributed by atoms with Crippen LogP contribution >= 0.6 is 0 Å². The van der Waals surface area contributed by atoms with Gasteiger partial charge in [-0.2, -0.15) is 26.3 Å². The molecule has 3 N–H and O–H groups in total. The van der Waals surface area contributed by atoms with Crippen LogP contribution in [0.5, 0.6) is 0 Å². The molecule has 1 amide bonds. The smallest absolute Gasteiger partial charge is 0.352 e. The van der Waals surface area contributed by atoms with E-state index in [1.54, 1.807) is 0 Å². The molecule has 1 saturated carbocycles. The fraction of sp³-hybridized carbons (Fsp3) is 0.611. The Balaban J connectivity index is 1.73. The number of carbonyl (C=O) groups excluding carboxylic acids is 1. The molecule has 0 atom stereocenters. The first-order chi connectivity index (χ1) is 14.7. The third-order valence-corrected chi connectivity index (χ3v) is 6.23. The fourth-order valence-electron chi connectivity index (χ4n) is 3.34. The van der Waals surface area contributed by atoms with E-state index in [2.05, 4.69) is 10.6 Å². The molecule has 0 spiro atoms. The third-order valence-electron chi connectivity index (χ3n) is 5.04. The van der Waals surface area contributed by atoms with Gasteiger partial charge in [0.15, 0.2) is 0 Å². The van der Waals surface area contributed by atoms with Crippen molar-refractivity contribution >= 4 is 15.9 Å². The van der Waals surface area contributed by atoms with Gasteiger partial charge in [-0.3, -0.25) is 4.79 Å². The first-order valence-electron chi connectivity index (χ1n) is 9.64. The molecular weight excluding hydrogens is 471 g/mol. The zero-order valence-electron chi connectivity index (χ0n) is 16.6. The lowest BCUT2D eigenvalue weighted by Gasteiger charge is -2.29. The normalized spacial score (nSPS) is 20.2. The Morgan fingerprint density at radius 3 is 2.16 bits per heavy atom. The van der Waals surface area contributed by atoms with Crippen molar-refractivity contribution in [3.63, 3.8) is 0 Å². The minimum Gasteiger partial charge on any atom is -0.352 e. The van der Waals surface area contributed by atoms with E-state index in [0.29, 0.717) is 37.8 Å². The number of halogens is 7. The molecule has 1 fully saturated rings. The van der Waals surface area contributed by atoms with Crippen LogP contribution in [0.25, 0.3) is 0 Å². The monoisotopic (exact) mass is 493 g/mol. The van der Waals surface area contributed by atoms with E-state index >= 15 is 0 Å². The molecule has 32 heavy (non-hydrogen) atoms. The van der Waals surface area contributed by atoms with Crippen LogP contribution < -0.4 is 15.4 Å². The summed E-state index contributed by atoms with van der Waals surface area (Å²) >= 11 is 0.